The van der Waals surface area contributed by atoms with Gasteiger partial charge in [-0.25, -0.2) is 4.79 Å². The Morgan fingerprint density at radius 2 is 1.85 bits per heavy atom. The summed E-state index contributed by atoms with van der Waals surface area (Å²) in [4.78, 5) is 35.4. The number of benzene rings is 1. The fraction of sp³-hybridized carbons (Fsp3) is 0.316. The largest absolute Gasteiger partial charge is 0.366 e. The van der Waals surface area contributed by atoms with E-state index >= 15 is 0 Å². The highest BCUT2D eigenvalue weighted by Gasteiger charge is 2.34. The van der Waals surface area contributed by atoms with Crippen molar-refractivity contribution < 1.29 is 14.4 Å². The van der Waals surface area contributed by atoms with Gasteiger partial charge in [0.2, 0.25) is 0 Å². The number of fused-ring (bicyclic) bond motifs is 1. The lowest BCUT2D eigenvalue weighted by Gasteiger charge is -2.30. The minimum atomic E-state index is -0.785. The van der Waals surface area contributed by atoms with Crippen LogP contribution in [-0.2, 0) is 6.42 Å². The molecule has 0 atom stereocenters. The Labute approximate surface area is 151 Å². The number of nitrogens with one attached hydrogen (secondary N) is 1. The van der Waals surface area contributed by atoms with Gasteiger partial charge in [0.25, 0.3) is 5.91 Å². The minimum Gasteiger partial charge on any atom is -0.366 e. The quantitative estimate of drug-likeness (QED) is 0.785. The zero-order valence-corrected chi connectivity index (χ0v) is 15.1. The van der Waals surface area contributed by atoms with Crippen molar-refractivity contribution in [2.75, 3.05) is 5.32 Å². The van der Waals surface area contributed by atoms with Gasteiger partial charge in [-0.05, 0) is 43.0 Å². The number of nitrogens with zero attached hydrogens (tertiary/aromatic N) is 1. The number of hydrogen-bond acceptors (Lipinski definition) is 3. The number of carbonyl (C=O) groups excluding carboxylic acids is 3. The fourth-order valence-electron chi connectivity index (χ4n) is 3.63. The maximum Gasteiger partial charge on any atom is 0.316 e. The monoisotopic (exact) mass is 354 g/mol. The third-order valence-corrected chi connectivity index (χ3v) is 4.66. The Morgan fingerprint density at radius 3 is 2.46 bits per heavy atom. The third kappa shape index (κ3) is 3.08. The summed E-state index contributed by atoms with van der Waals surface area (Å²) in [5, 5.41) is 2.44. The summed E-state index contributed by atoms with van der Waals surface area (Å²) < 4.78 is 1.98. The zero-order chi connectivity index (χ0) is 19.2. The molecule has 7 heteroatoms. The van der Waals surface area contributed by atoms with Gasteiger partial charge in [0.15, 0.2) is 5.78 Å². The van der Waals surface area contributed by atoms with Crippen molar-refractivity contribution in [1.29, 1.82) is 0 Å². The summed E-state index contributed by atoms with van der Waals surface area (Å²) in [5.41, 5.74) is 14.1. The van der Waals surface area contributed by atoms with Crippen LogP contribution in [0.5, 0.6) is 0 Å². The molecule has 7 nitrogen and oxygen atoms in total. The minimum absolute atomic E-state index is 0.127. The molecule has 3 amide bonds. The van der Waals surface area contributed by atoms with Crippen LogP contribution in [0.2, 0.25) is 0 Å². The number of amides is 3. The topological polar surface area (TPSA) is 120 Å². The first-order chi connectivity index (χ1) is 12.1. The molecule has 0 radical (unpaired) electrons. The van der Waals surface area contributed by atoms with E-state index in [4.69, 9.17) is 11.5 Å². The first kappa shape index (κ1) is 17.7. The van der Waals surface area contributed by atoms with E-state index in [0.29, 0.717) is 6.42 Å². The molecule has 26 heavy (non-hydrogen) atoms. The molecular formula is C19H22N4O3. The standard InChI is InChI=1S/C19H22N4O3/c1-10-6-13-15(8-19(2,3)9-16(13)24)23(10)11-4-5-12(17(20)25)14(7-11)22-18(21)26/h4-7H,8-9H2,1-3H3,(H2,20,25)(H3,21,22,26). The number of hydrogen-bond donors (Lipinski definition) is 3. The van der Waals surface area contributed by atoms with Crippen LogP contribution < -0.4 is 16.8 Å². The summed E-state index contributed by atoms with van der Waals surface area (Å²) in [5.74, 6) is -0.537. The Bertz CT molecular complexity index is 941. The predicted molar refractivity (Wildman–Crippen MR) is 98.7 cm³/mol. The number of aryl methyl sites for hydroxylation is 1. The number of aromatic nitrogens is 1. The average molecular weight is 354 g/mol. The smallest absolute Gasteiger partial charge is 0.316 e. The predicted octanol–water partition coefficient (Wildman–Crippen LogP) is 2.53. The van der Waals surface area contributed by atoms with Crippen LogP contribution in [0.4, 0.5) is 10.5 Å². The lowest BCUT2D eigenvalue weighted by molar-refractivity contribution is 0.0910. The number of rotatable bonds is 3. The van der Waals surface area contributed by atoms with Crippen molar-refractivity contribution in [3.8, 4) is 5.69 Å². The van der Waals surface area contributed by atoms with Crippen LogP contribution in [0.25, 0.3) is 5.69 Å². The molecular weight excluding hydrogens is 332 g/mol. The number of urea groups is 1. The Kier molecular flexibility index (Phi) is 4.10. The summed E-state index contributed by atoms with van der Waals surface area (Å²) in [7, 11) is 0. The molecule has 1 aliphatic carbocycles. The van der Waals surface area contributed by atoms with E-state index < -0.39 is 11.9 Å². The van der Waals surface area contributed by atoms with Crippen LogP contribution in [0.1, 0.15) is 52.4 Å². The van der Waals surface area contributed by atoms with Crippen LogP contribution in [0.15, 0.2) is 24.3 Å². The van der Waals surface area contributed by atoms with Crippen LogP contribution in [0, 0.1) is 12.3 Å². The lowest BCUT2D eigenvalue weighted by Crippen LogP contribution is -2.28. The summed E-state index contributed by atoms with van der Waals surface area (Å²) in [6.07, 6.45) is 1.26. The van der Waals surface area contributed by atoms with E-state index in [1.165, 1.54) is 0 Å². The normalized spacial score (nSPS) is 15.4. The average Bonchev–Trinajstić information content (AvgIpc) is 2.81. The molecule has 3 rings (SSSR count). The van der Waals surface area contributed by atoms with E-state index in [-0.39, 0.29) is 22.4 Å². The summed E-state index contributed by atoms with van der Waals surface area (Å²) >= 11 is 0. The first-order valence-corrected chi connectivity index (χ1v) is 8.34. The Morgan fingerprint density at radius 1 is 1.15 bits per heavy atom. The number of ketones is 1. The van der Waals surface area contributed by atoms with Crippen molar-refractivity contribution >= 4 is 23.4 Å². The molecule has 1 aromatic carbocycles. The highest BCUT2D eigenvalue weighted by Crippen LogP contribution is 2.38. The second-order valence-electron chi connectivity index (χ2n) is 7.51. The molecule has 136 valence electrons. The molecule has 0 saturated heterocycles. The van der Waals surface area contributed by atoms with Crippen molar-refractivity contribution in [3.05, 3.63) is 46.8 Å². The second kappa shape index (κ2) is 6.01. The van der Waals surface area contributed by atoms with Crippen molar-refractivity contribution in [2.24, 2.45) is 16.9 Å². The van der Waals surface area contributed by atoms with Gasteiger partial charge in [-0.15, -0.1) is 0 Å². The van der Waals surface area contributed by atoms with Gasteiger partial charge < -0.3 is 21.4 Å². The maximum absolute atomic E-state index is 12.5. The van der Waals surface area contributed by atoms with Gasteiger partial charge in [-0.2, -0.15) is 0 Å². The second-order valence-corrected chi connectivity index (χ2v) is 7.51. The van der Waals surface area contributed by atoms with E-state index in [2.05, 4.69) is 19.2 Å². The van der Waals surface area contributed by atoms with Crippen molar-refractivity contribution in [3.63, 3.8) is 0 Å². The van der Waals surface area contributed by atoms with Gasteiger partial charge in [0.05, 0.1) is 11.3 Å². The van der Waals surface area contributed by atoms with Crippen LogP contribution >= 0.6 is 0 Å². The van der Waals surface area contributed by atoms with E-state index in [9.17, 15) is 14.4 Å². The molecule has 1 aliphatic rings. The highest BCUT2D eigenvalue weighted by atomic mass is 16.2. The third-order valence-electron chi connectivity index (χ3n) is 4.66. The lowest BCUT2D eigenvalue weighted by atomic mass is 9.76. The van der Waals surface area contributed by atoms with Gasteiger partial charge in [-0.1, -0.05) is 13.8 Å². The molecule has 1 heterocycles. The number of nitrogens with two attached hydrogens (primary N) is 2. The van der Waals surface area contributed by atoms with Crippen molar-refractivity contribution in [1.82, 2.24) is 4.57 Å². The molecule has 0 bridgehead atoms. The number of anilines is 1. The first-order valence-electron chi connectivity index (χ1n) is 8.34. The van der Waals surface area contributed by atoms with Gasteiger partial charge >= 0.3 is 6.03 Å². The van der Waals surface area contributed by atoms with Crippen LogP contribution in [-0.4, -0.2) is 22.3 Å². The number of Topliss-reactive ketones (excluding diaryl/α,β-unsaturated/α-hetero) is 1. The summed E-state index contributed by atoms with van der Waals surface area (Å²) in [6.45, 7) is 6.05. The number of carbonyl (C=O) groups is 3. The summed E-state index contributed by atoms with van der Waals surface area (Å²) in [6, 6.07) is 6.03. The molecule has 1 aromatic heterocycles. The van der Waals surface area contributed by atoms with Crippen LogP contribution in [0.3, 0.4) is 0 Å². The van der Waals surface area contributed by atoms with Gasteiger partial charge in [0, 0.05) is 29.1 Å². The SMILES string of the molecule is Cc1cc2c(n1-c1ccc(C(N)=O)c(NC(N)=O)c1)CC(C)(C)CC2=O. The van der Waals surface area contributed by atoms with E-state index in [0.717, 1.165) is 29.1 Å². The molecule has 5 N–H and O–H groups in total. The Balaban J connectivity index is 2.18. The van der Waals surface area contributed by atoms with Crippen molar-refractivity contribution in [2.45, 2.75) is 33.6 Å². The molecule has 0 unspecified atom stereocenters. The molecule has 0 fully saturated rings. The zero-order valence-electron chi connectivity index (χ0n) is 15.1. The molecule has 0 aliphatic heterocycles. The van der Waals surface area contributed by atoms with E-state index in [1.54, 1.807) is 18.2 Å². The Hall–Kier alpha value is -3.09. The van der Waals surface area contributed by atoms with E-state index in [1.807, 2.05) is 17.6 Å². The molecule has 2 aromatic rings. The number of primary amides is 2. The maximum atomic E-state index is 12.5. The molecule has 0 spiro atoms. The molecule has 0 saturated carbocycles. The highest BCUT2D eigenvalue weighted by molar-refractivity contribution is 6.03. The van der Waals surface area contributed by atoms with Gasteiger partial charge in [0.1, 0.15) is 0 Å². The fourth-order valence-corrected chi connectivity index (χ4v) is 3.63. The van der Waals surface area contributed by atoms with Gasteiger partial charge in [-0.3, -0.25) is 9.59 Å².